The van der Waals surface area contributed by atoms with Gasteiger partial charge in [0, 0.05) is 0 Å². The summed E-state index contributed by atoms with van der Waals surface area (Å²) in [6, 6.07) is 6.36. The summed E-state index contributed by atoms with van der Waals surface area (Å²) in [6.45, 7) is 3.93. The van der Waals surface area contributed by atoms with Gasteiger partial charge in [0.2, 0.25) is 0 Å². The van der Waals surface area contributed by atoms with E-state index in [-0.39, 0.29) is 0 Å². The lowest BCUT2D eigenvalue weighted by atomic mass is 10.0. The first-order chi connectivity index (χ1) is 6.39. The second-order valence-corrected chi connectivity index (χ2v) is 3.70. The summed E-state index contributed by atoms with van der Waals surface area (Å²) in [6.07, 6.45) is -3.62. The van der Waals surface area contributed by atoms with Crippen LogP contribution in [-0.2, 0) is 12.6 Å². The van der Waals surface area contributed by atoms with Crippen molar-refractivity contribution in [2.75, 3.05) is 0 Å². The first-order valence-corrected chi connectivity index (χ1v) is 4.47. The molecule has 0 aliphatic heterocycles. The number of alkyl halides is 3. The quantitative estimate of drug-likeness (QED) is 0.684. The molecule has 0 fully saturated rings. The third-order valence-electron chi connectivity index (χ3n) is 1.82. The summed E-state index contributed by atoms with van der Waals surface area (Å²) >= 11 is 0. The van der Waals surface area contributed by atoms with Crippen molar-refractivity contribution in [2.24, 2.45) is 5.92 Å². The molecule has 0 unspecified atom stereocenters. The van der Waals surface area contributed by atoms with Gasteiger partial charge in [-0.1, -0.05) is 19.9 Å². The first-order valence-electron chi connectivity index (χ1n) is 4.47. The molecule has 0 aromatic heterocycles. The fraction of sp³-hybridized carbons (Fsp3) is 0.455. The van der Waals surface area contributed by atoms with Crippen LogP contribution in [0.5, 0.6) is 0 Å². The van der Waals surface area contributed by atoms with Crippen molar-refractivity contribution in [3.8, 4) is 0 Å². The summed E-state index contributed by atoms with van der Waals surface area (Å²) < 4.78 is 36.9. The zero-order chi connectivity index (χ0) is 10.8. The Morgan fingerprint density at radius 1 is 1.36 bits per heavy atom. The summed E-state index contributed by atoms with van der Waals surface area (Å²) in [5.41, 5.74) is 0.0294. The van der Waals surface area contributed by atoms with E-state index in [4.69, 9.17) is 0 Å². The van der Waals surface area contributed by atoms with E-state index in [9.17, 15) is 13.2 Å². The molecule has 1 aromatic rings. The van der Waals surface area contributed by atoms with E-state index in [0.29, 0.717) is 17.9 Å². The maximum absolute atomic E-state index is 12.3. The van der Waals surface area contributed by atoms with Gasteiger partial charge in [-0.15, -0.1) is 0 Å². The first kappa shape index (κ1) is 11.1. The van der Waals surface area contributed by atoms with Gasteiger partial charge in [0.25, 0.3) is 0 Å². The van der Waals surface area contributed by atoms with Crippen molar-refractivity contribution >= 4 is 0 Å². The Labute approximate surface area is 81.8 Å². The van der Waals surface area contributed by atoms with E-state index in [0.717, 1.165) is 6.07 Å². The predicted molar refractivity (Wildman–Crippen MR) is 48.8 cm³/mol. The summed E-state index contributed by atoms with van der Waals surface area (Å²) in [5, 5.41) is 0. The van der Waals surface area contributed by atoms with Gasteiger partial charge in [-0.2, -0.15) is 13.2 Å². The third-order valence-corrected chi connectivity index (χ3v) is 1.82. The molecule has 0 saturated carbocycles. The molecule has 14 heavy (non-hydrogen) atoms. The normalized spacial score (nSPS) is 12.1. The van der Waals surface area contributed by atoms with E-state index in [1.54, 1.807) is 0 Å². The molecule has 0 heterocycles. The standard InChI is InChI=1S/C11H12F3/c1-8(2)6-9-4-3-5-10(7-9)11(12,13)14/h3,5,7-8H,6H2,1-2H3. The molecule has 0 nitrogen and oxygen atoms in total. The van der Waals surface area contributed by atoms with Crippen molar-refractivity contribution in [3.05, 3.63) is 35.4 Å². The average Bonchev–Trinajstić information content (AvgIpc) is 2.01. The van der Waals surface area contributed by atoms with Crippen LogP contribution in [-0.4, -0.2) is 0 Å². The highest BCUT2D eigenvalue weighted by molar-refractivity contribution is 5.24. The van der Waals surface area contributed by atoms with E-state index >= 15 is 0 Å². The maximum atomic E-state index is 12.3. The fourth-order valence-electron chi connectivity index (χ4n) is 1.25. The minimum absolute atomic E-state index is 0.342. The number of benzene rings is 1. The summed E-state index contributed by atoms with van der Waals surface area (Å²) in [4.78, 5) is 0. The van der Waals surface area contributed by atoms with Crippen LogP contribution in [0.1, 0.15) is 25.0 Å². The van der Waals surface area contributed by atoms with Gasteiger partial charge in [-0.3, -0.25) is 0 Å². The van der Waals surface area contributed by atoms with Gasteiger partial charge < -0.3 is 0 Å². The molecule has 77 valence electrons. The molecule has 0 aliphatic carbocycles. The maximum Gasteiger partial charge on any atom is 0.416 e. The lowest BCUT2D eigenvalue weighted by Crippen LogP contribution is -2.06. The van der Waals surface area contributed by atoms with E-state index in [1.807, 2.05) is 13.8 Å². The Bertz CT molecular complexity index is 300. The molecule has 3 heteroatoms. The highest BCUT2D eigenvalue weighted by Crippen LogP contribution is 2.29. The van der Waals surface area contributed by atoms with Crippen LogP contribution in [0.4, 0.5) is 13.2 Å². The molecule has 0 spiro atoms. The van der Waals surface area contributed by atoms with Crippen molar-refractivity contribution in [1.29, 1.82) is 0 Å². The zero-order valence-corrected chi connectivity index (χ0v) is 8.15. The SMILES string of the molecule is CC(C)Cc1[c]ccc(C(F)(F)F)c1. The third kappa shape index (κ3) is 3.05. The topological polar surface area (TPSA) is 0 Å². The Morgan fingerprint density at radius 3 is 2.50 bits per heavy atom. The van der Waals surface area contributed by atoms with Gasteiger partial charge >= 0.3 is 6.18 Å². The monoisotopic (exact) mass is 201 g/mol. The van der Waals surface area contributed by atoms with Crippen LogP contribution in [0.2, 0.25) is 0 Å². The Hall–Kier alpha value is -0.990. The van der Waals surface area contributed by atoms with Crippen molar-refractivity contribution in [2.45, 2.75) is 26.4 Å². The number of rotatable bonds is 2. The Balaban J connectivity index is 2.90. The lowest BCUT2D eigenvalue weighted by molar-refractivity contribution is -0.137. The van der Waals surface area contributed by atoms with Gasteiger partial charge in [-0.25, -0.2) is 0 Å². The van der Waals surface area contributed by atoms with E-state index < -0.39 is 11.7 Å². The second kappa shape index (κ2) is 4.03. The minimum Gasteiger partial charge on any atom is -0.166 e. The van der Waals surface area contributed by atoms with Crippen LogP contribution in [0.3, 0.4) is 0 Å². The minimum atomic E-state index is -4.25. The van der Waals surface area contributed by atoms with Crippen molar-refractivity contribution in [3.63, 3.8) is 0 Å². The van der Waals surface area contributed by atoms with Crippen LogP contribution in [0, 0.1) is 12.0 Å². The zero-order valence-electron chi connectivity index (χ0n) is 8.15. The highest BCUT2D eigenvalue weighted by Gasteiger charge is 2.30. The number of hydrogen-bond donors (Lipinski definition) is 0. The van der Waals surface area contributed by atoms with Gasteiger partial charge in [0.1, 0.15) is 0 Å². The lowest BCUT2D eigenvalue weighted by Gasteiger charge is -2.09. The molecule has 1 radical (unpaired) electrons. The van der Waals surface area contributed by atoms with Gasteiger partial charge in [0.05, 0.1) is 5.56 Å². The predicted octanol–water partition coefficient (Wildman–Crippen LogP) is 3.70. The molecule has 0 atom stereocenters. The summed E-state index contributed by atoms with van der Waals surface area (Å²) in [5.74, 6) is 0.342. The molecular weight excluding hydrogens is 189 g/mol. The molecule has 0 aliphatic rings. The Morgan fingerprint density at radius 2 is 2.00 bits per heavy atom. The molecule has 1 rings (SSSR count). The van der Waals surface area contributed by atoms with E-state index in [2.05, 4.69) is 6.07 Å². The van der Waals surface area contributed by atoms with Gasteiger partial charge in [0.15, 0.2) is 0 Å². The number of hydrogen-bond acceptors (Lipinski definition) is 0. The molecular formula is C11H12F3. The van der Waals surface area contributed by atoms with Gasteiger partial charge in [-0.05, 0) is 36.1 Å². The molecule has 0 N–H and O–H groups in total. The largest absolute Gasteiger partial charge is 0.416 e. The molecule has 0 saturated heterocycles. The van der Waals surface area contributed by atoms with Crippen molar-refractivity contribution in [1.82, 2.24) is 0 Å². The highest BCUT2D eigenvalue weighted by atomic mass is 19.4. The molecule has 1 aromatic carbocycles. The van der Waals surface area contributed by atoms with Crippen LogP contribution in [0.15, 0.2) is 18.2 Å². The Kier molecular flexibility index (Phi) is 3.19. The molecule has 0 bridgehead atoms. The molecule has 0 amide bonds. The second-order valence-electron chi connectivity index (χ2n) is 3.70. The average molecular weight is 201 g/mol. The summed E-state index contributed by atoms with van der Waals surface area (Å²) in [7, 11) is 0. The number of halogens is 3. The van der Waals surface area contributed by atoms with Crippen molar-refractivity contribution < 1.29 is 13.2 Å². The fourth-order valence-corrected chi connectivity index (χ4v) is 1.25. The van der Waals surface area contributed by atoms with Crippen LogP contribution in [0.25, 0.3) is 0 Å². The van der Waals surface area contributed by atoms with Crippen LogP contribution < -0.4 is 0 Å². The smallest absolute Gasteiger partial charge is 0.166 e. The van der Waals surface area contributed by atoms with Crippen LogP contribution >= 0.6 is 0 Å². The van der Waals surface area contributed by atoms with E-state index in [1.165, 1.54) is 12.1 Å².